The monoisotopic (exact) mass is 381 g/mol. The Labute approximate surface area is 154 Å². The van der Waals surface area contributed by atoms with Gasteiger partial charge in [-0.2, -0.15) is 0 Å². The summed E-state index contributed by atoms with van der Waals surface area (Å²) in [5.74, 6) is 0.890. The lowest BCUT2D eigenvalue weighted by atomic mass is 10.2. The second-order valence-corrected chi connectivity index (χ2v) is 7.71. The third-order valence-corrected chi connectivity index (χ3v) is 4.97. The number of aliphatic imine (C=N–C) groups is 1. The molecular formula is C17H27N5O3S. The molecule has 0 aliphatic carbocycles. The highest BCUT2D eigenvalue weighted by atomic mass is 32.2. The van der Waals surface area contributed by atoms with Crippen LogP contribution in [0, 0.1) is 0 Å². The van der Waals surface area contributed by atoms with E-state index in [4.69, 9.17) is 5.14 Å². The van der Waals surface area contributed by atoms with Crippen LogP contribution in [0.4, 0.5) is 0 Å². The maximum Gasteiger partial charge on any atom is 0.238 e. The topological polar surface area (TPSA) is 117 Å². The van der Waals surface area contributed by atoms with Crippen LogP contribution in [0.25, 0.3) is 0 Å². The second kappa shape index (κ2) is 9.54. The first-order valence-corrected chi connectivity index (χ1v) is 10.4. The number of benzene rings is 1. The summed E-state index contributed by atoms with van der Waals surface area (Å²) in [4.78, 5) is 18.0. The Morgan fingerprint density at radius 3 is 2.81 bits per heavy atom. The minimum atomic E-state index is -3.72. The lowest BCUT2D eigenvalue weighted by molar-refractivity contribution is -0.127. The van der Waals surface area contributed by atoms with Crippen LogP contribution in [-0.4, -0.2) is 51.4 Å². The van der Waals surface area contributed by atoms with E-state index in [1.165, 1.54) is 12.1 Å². The third kappa shape index (κ3) is 6.30. The molecule has 1 amide bonds. The van der Waals surface area contributed by atoms with Gasteiger partial charge in [0.25, 0.3) is 0 Å². The molecule has 0 saturated carbocycles. The van der Waals surface area contributed by atoms with Crippen molar-refractivity contribution in [3.05, 3.63) is 29.8 Å². The molecule has 1 aromatic rings. The molecular weight excluding hydrogens is 354 g/mol. The van der Waals surface area contributed by atoms with Crippen LogP contribution in [-0.2, 0) is 21.4 Å². The van der Waals surface area contributed by atoms with Crippen LogP contribution in [0.5, 0.6) is 0 Å². The number of sulfonamides is 1. The first kappa shape index (κ1) is 20.2. The van der Waals surface area contributed by atoms with Crippen molar-refractivity contribution in [2.24, 2.45) is 10.1 Å². The normalized spacial score (nSPS) is 15.4. The minimum Gasteiger partial charge on any atom is -0.357 e. The number of likely N-dealkylation sites (tertiary alicyclic amines) is 1. The molecule has 2 rings (SSSR count). The number of hydrogen-bond donors (Lipinski definition) is 3. The van der Waals surface area contributed by atoms with Gasteiger partial charge in [0.05, 0.1) is 11.4 Å². The van der Waals surface area contributed by atoms with Crippen molar-refractivity contribution in [2.45, 2.75) is 37.6 Å². The Balaban J connectivity index is 1.87. The van der Waals surface area contributed by atoms with Crippen molar-refractivity contribution in [1.82, 2.24) is 15.5 Å². The molecule has 144 valence electrons. The fourth-order valence-corrected chi connectivity index (χ4v) is 3.33. The van der Waals surface area contributed by atoms with Crippen LogP contribution in [0.1, 0.15) is 31.7 Å². The van der Waals surface area contributed by atoms with Crippen molar-refractivity contribution < 1.29 is 13.2 Å². The predicted octanol–water partition coefficient (Wildman–Crippen LogP) is 0.402. The number of amides is 1. The van der Waals surface area contributed by atoms with Crippen LogP contribution < -0.4 is 15.8 Å². The summed E-state index contributed by atoms with van der Waals surface area (Å²) in [7, 11) is -3.72. The number of nitrogens with two attached hydrogens (primary N) is 1. The highest BCUT2D eigenvalue weighted by molar-refractivity contribution is 7.89. The molecule has 1 aliphatic heterocycles. The zero-order chi connectivity index (χ0) is 19.0. The molecule has 1 heterocycles. The maximum atomic E-state index is 11.6. The number of rotatable bonds is 8. The van der Waals surface area contributed by atoms with Crippen molar-refractivity contribution in [3.63, 3.8) is 0 Å². The highest BCUT2D eigenvalue weighted by Crippen LogP contribution is 2.11. The van der Waals surface area contributed by atoms with E-state index in [9.17, 15) is 13.2 Å². The first-order valence-electron chi connectivity index (χ1n) is 8.82. The predicted molar refractivity (Wildman–Crippen MR) is 101 cm³/mol. The zero-order valence-corrected chi connectivity index (χ0v) is 15.9. The van der Waals surface area contributed by atoms with E-state index < -0.39 is 10.0 Å². The largest absolute Gasteiger partial charge is 0.357 e. The second-order valence-electron chi connectivity index (χ2n) is 6.15. The van der Waals surface area contributed by atoms with Gasteiger partial charge in [-0.05, 0) is 37.5 Å². The van der Waals surface area contributed by atoms with Crippen molar-refractivity contribution in [2.75, 3.05) is 26.2 Å². The molecule has 0 radical (unpaired) electrons. The molecule has 1 saturated heterocycles. The van der Waals surface area contributed by atoms with Crippen molar-refractivity contribution >= 4 is 21.9 Å². The SMILES string of the molecule is CCNC(=NCc1cccc(S(N)(=O)=O)c1)NCCCN1CCCC1=O. The number of guanidine groups is 1. The lowest BCUT2D eigenvalue weighted by Crippen LogP contribution is -2.39. The van der Waals surface area contributed by atoms with E-state index in [0.717, 1.165) is 31.5 Å². The van der Waals surface area contributed by atoms with Gasteiger partial charge in [-0.25, -0.2) is 18.5 Å². The Morgan fingerprint density at radius 1 is 1.35 bits per heavy atom. The lowest BCUT2D eigenvalue weighted by Gasteiger charge is -2.16. The number of carbonyl (C=O) groups is 1. The highest BCUT2D eigenvalue weighted by Gasteiger charge is 2.18. The number of hydrogen-bond acceptors (Lipinski definition) is 4. The van der Waals surface area contributed by atoms with E-state index >= 15 is 0 Å². The van der Waals surface area contributed by atoms with Gasteiger partial charge in [-0.3, -0.25) is 4.79 Å². The van der Waals surface area contributed by atoms with E-state index in [-0.39, 0.29) is 10.8 Å². The summed E-state index contributed by atoms with van der Waals surface area (Å²) in [6.45, 7) is 5.33. The Morgan fingerprint density at radius 2 is 2.15 bits per heavy atom. The molecule has 1 fully saturated rings. The molecule has 9 heteroatoms. The van der Waals surface area contributed by atoms with Gasteiger partial charge in [0.15, 0.2) is 5.96 Å². The number of carbonyl (C=O) groups excluding carboxylic acids is 1. The van der Waals surface area contributed by atoms with Gasteiger partial charge in [0.1, 0.15) is 0 Å². The average molecular weight is 382 g/mol. The number of nitrogens with zero attached hydrogens (tertiary/aromatic N) is 2. The number of primary sulfonamides is 1. The molecule has 8 nitrogen and oxygen atoms in total. The molecule has 0 bridgehead atoms. The fraction of sp³-hybridized carbons (Fsp3) is 0.529. The van der Waals surface area contributed by atoms with Crippen LogP contribution in [0.15, 0.2) is 34.2 Å². The molecule has 0 aromatic heterocycles. The standard InChI is InChI=1S/C17H27N5O3S/c1-2-19-17(20-9-5-11-22-10-4-8-16(22)23)21-13-14-6-3-7-15(12-14)26(18,24)25/h3,6-7,12H,2,4-5,8-11,13H2,1H3,(H2,18,24,25)(H2,19,20,21). The Kier molecular flexibility index (Phi) is 7.40. The van der Waals surface area contributed by atoms with E-state index in [1.54, 1.807) is 12.1 Å². The van der Waals surface area contributed by atoms with Crippen molar-refractivity contribution in [1.29, 1.82) is 0 Å². The quantitative estimate of drug-likeness (QED) is 0.342. The van der Waals surface area contributed by atoms with Gasteiger partial charge >= 0.3 is 0 Å². The van der Waals surface area contributed by atoms with Gasteiger partial charge in [0, 0.05) is 32.6 Å². The van der Waals surface area contributed by atoms with Gasteiger partial charge < -0.3 is 15.5 Å². The molecule has 4 N–H and O–H groups in total. The molecule has 0 spiro atoms. The molecule has 1 aromatic carbocycles. The van der Waals surface area contributed by atoms with E-state index in [0.29, 0.717) is 32.0 Å². The molecule has 0 atom stereocenters. The number of nitrogens with one attached hydrogen (secondary N) is 2. The minimum absolute atomic E-state index is 0.0819. The summed E-state index contributed by atoms with van der Waals surface area (Å²) in [5, 5.41) is 11.5. The first-order chi connectivity index (χ1) is 12.4. The molecule has 0 unspecified atom stereocenters. The Hall–Kier alpha value is -2.13. The van der Waals surface area contributed by atoms with E-state index in [1.807, 2.05) is 11.8 Å². The van der Waals surface area contributed by atoms with Crippen molar-refractivity contribution in [3.8, 4) is 0 Å². The zero-order valence-electron chi connectivity index (χ0n) is 15.1. The summed E-state index contributed by atoms with van der Waals surface area (Å²) < 4.78 is 22.8. The van der Waals surface area contributed by atoms with Crippen LogP contribution in [0.2, 0.25) is 0 Å². The summed E-state index contributed by atoms with van der Waals surface area (Å²) in [6.07, 6.45) is 2.46. The molecule has 1 aliphatic rings. The Bertz CT molecular complexity index is 749. The summed E-state index contributed by atoms with van der Waals surface area (Å²) in [6, 6.07) is 6.45. The summed E-state index contributed by atoms with van der Waals surface area (Å²) >= 11 is 0. The maximum absolute atomic E-state index is 11.6. The average Bonchev–Trinajstić information content (AvgIpc) is 3.01. The van der Waals surface area contributed by atoms with Gasteiger partial charge in [0.2, 0.25) is 15.9 Å². The summed E-state index contributed by atoms with van der Waals surface area (Å²) in [5.41, 5.74) is 0.761. The molecule has 26 heavy (non-hydrogen) atoms. The van der Waals surface area contributed by atoms with Gasteiger partial charge in [-0.15, -0.1) is 0 Å². The van der Waals surface area contributed by atoms with Gasteiger partial charge in [-0.1, -0.05) is 12.1 Å². The third-order valence-electron chi connectivity index (χ3n) is 4.06. The van der Waals surface area contributed by atoms with Crippen LogP contribution >= 0.6 is 0 Å². The fourth-order valence-electron chi connectivity index (χ4n) is 2.75. The smallest absolute Gasteiger partial charge is 0.238 e. The van der Waals surface area contributed by atoms with E-state index in [2.05, 4.69) is 15.6 Å². The van der Waals surface area contributed by atoms with Crippen LogP contribution in [0.3, 0.4) is 0 Å².